The summed E-state index contributed by atoms with van der Waals surface area (Å²) in [5, 5.41) is 12.4. The Bertz CT molecular complexity index is 713. The molecule has 0 aliphatic rings. The maximum absolute atomic E-state index is 12.3. The van der Waals surface area contributed by atoms with Gasteiger partial charge in [-0.25, -0.2) is 4.98 Å². The van der Waals surface area contributed by atoms with E-state index in [4.69, 9.17) is 5.11 Å². The van der Waals surface area contributed by atoms with Gasteiger partial charge in [0.1, 0.15) is 4.88 Å². The van der Waals surface area contributed by atoms with Crippen molar-refractivity contribution in [2.75, 3.05) is 11.1 Å². The molecule has 2 aromatic rings. The van der Waals surface area contributed by atoms with Gasteiger partial charge in [0.2, 0.25) is 0 Å². The number of carbonyl (C=O) groups excluding carboxylic acids is 1. The van der Waals surface area contributed by atoms with Crippen LogP contribution in [0.3, 0.4) is 0 Å². The van der Waals surface area contributed by atoms with Crippen LogP contribution in [-0.4, -0.2) is 27.7 Å². The monoisotopic (exact) mass is 350 g/mol. The van der Waals surface area contributed by atoms with Gasteiger partial charge in [-0.15, -0.1) is 11.3 Å². The first-order valence-corrected chi connectivity index (χ1v) is 9.06. The van der Waals surface area contributed by atoms with Crippen molar-refractivity contribution in [2.24, 2.45) is 0 Å². The number of aliphatic carboxylic acids is 1. The normalized spacial score (nSPS) is 10.5. The fourth-order valence-corrected chi connectivity index (χ4v) is 3.71. The van der Waals surface area contributed by atoms with Crippen LogP contribution in [0.15, 0.2) is 24.3 Å². The molecule has 0 fully saturated rings. The van der Waals surface area contributed by atoms with Gasteiger partial charge in [0.15, 0.2) is 0 Å². The Morgan fingerprint density at radius 3 is 2.78 bits per heavy atom. The van der Waals surface area contributed by atoms with E-state index in [0.717, 1.165) is 27.7 Å². The number of carboxylic acid groups (broad SMARTS) is 1. The SMILES string of the molecule is Cc1nc(C)c(C(=O)Nc2cccc(CSCCC(=O)O)c2)s1. The van der Waals surface area contributed by atoms with Crippen LogP contribution in [0.1, 0.15) is 32.4 Å². The second-order valence-corrected chi connectivity index (χ2v) is 7.31. The first-order chi connectivity index (χ1) is 11.0. The number of thioether (sulfide) groups is 1. The molecule has 1 heterocycles. The van der Waals surface area contributed by atoms with E-state index in [1.165, 1.54) is 11.3 Å². The number of anilines is 1. The Morgan fingerprint density at radius 1 is 1.35 bits per heavy atom. The van der Waals surface area contributed by atoms with E-state index in [1.807, 2.05) is 38.1 Å². The number of aryl methyl sites for hydroxylation is 2. The molecule has 0 unspecified atom stereocenters. The Kier molecular flexibility index (Phi) is 6.18. The van der Waals surface area contributed by atoms with Gasteiger partial charge in [0, 0.05) is 17.2 Å². The zero-order valence-electron chi connectivity index (χ0n) is 13.0. The molecule has 1 amide bonds. The fourth-order valence-electron chi connectivity index (χ4n) is 2.02. The van der Waals surface area contributed by atoms with Crippen LogP contribution in [0.4, 0.5) is 5.69 Å². The zero-order chi connectivity index (χ0) is 16.8. The van der Waals surface area contributed by atoms with Crippen molar-refractivity contribution in [1.82, 2.24) is 4.98 Å². The van der Waals surface area contributed by atoms with Gasteiger partial charge < -0.3 is 10.4 Å². The van der Waals surface area contributed by atoms with E-state index in [1.54, 1.807) is 11.8 Å². The molecule has 7 heteroatoms. The second kappa shape index (κ2) is 8.12. The number of benzene rings is 1. The fraction of sp³-hybridized carbons (Fsp3) is 0.312. The molecule has 0 aliphatic carbocycles. The minimum Gasteiger partial charge on any atom is -0.481 e. The summed E-state index contributed by atoms with van der Waals surface area (Å²) in [6.07, 6.45) is 0.158. The molecule has 0 spiro atoms. The highest BCUT2D eigenvalue weighted by molar-refractivity contribution is 7.98. The van der Waals surface area contributed by atoms with Crippen LogP contribution < -0.4 is 5.32 Å². The molecule has 0 saturated heterocycles. The summed E-state index contributed by atoms with van der Waals surface area (Å²) in [4.78, 5) is 27.7. The summed E-state index contributed by atoms with van der Waals surface area (Å²) in [5.41, 5.74) is 2.53. The molecule has 1 aromatic heterocycles. The Labute approximate surface area is 143 Å². The third kappa shape index (κ3) is 5.37. The largest absolute Gasteiger partial charge is 0.481 e. The van der Waals surface area contributed by atoms with Crippen LogP contribution in [-0.2, 0) is 10.5 Å². The van der Waals surface area contributed by atoms with Gasteiger partial charge in [-0.05, 0) is 31.5 Å². The summed E-state index contributed by atoms with van der Waals surface area (Å²) in [6.45, 7) is 3.71. The van der Waals surface area contributed by atoms with E-state index in [9.17, 15) is 9.59 Å². The predicted molar refractivity (Wildman–Crippen MR) is 94.4 cm³/mol. The van der Waals surface area contributed by atoms with E-state index >= 15 is 0 Å². The first-order valence-electron chi connectivity index (χ1n) is 7.09. The molecule has 23 heavy (non-hydrogen) atoms. The summed E-state index contributed by atoms with van der Waals surface area (Å²) in [5.74, 6) is 0.360. The number of carbonyl (C=O) groups is 2. The maximum Gasteiger partial charge on any atom is 0.304 e. The topological polar surface area (TPSA) is 79.3 Å². The van der Waals surface area contributed by atoms with Gasteiger partial charge in [-0.2, -0.15) is 11.8 Å². The van der Waals surface area contributed by atoms with Crippen molar-refractivity contribution in [3.63, 3.8) is 0 Å². The summed E-state index contributed by atoms with van der Waals surface area (Å²) < 4.78 is 0. The highest BCUT2D eigenvalue weighted by atomic mass is 32.2. The summed E-state index contributed by atoms with van der Waals surface area (Å²) >= 11 is 2.95. The van der Waals surface area contributed by atoms with Gasteiger partial charge in [-0.3, -0.25) is 9.59 Å². The zero-order valence-corrected chi connectivity index (χ0v) is 14.6. The lowest BCUT2D eigenvalue weighted by Crippen LogP contribution is -2.11. The number of nitrogens with zero attached hydrogens (tertiary/aromatic N) is 1. The third-order valence-corrected chi connectivity index (χ3v) is 5.13. The smallest absolute Gasteiger partial charge is 0.304 e. The number of rotatable bonds is 7. The van der Waals surface area contributed by atoms with E-state index in [2.05, 4.69) is 10.3 Å². The quantitative estimate of drug-likeness (QED) is 0.744. The van der Waals surface area contributed by atoms with Gasteiger partial charge in [0.05, 0.1) is 17.1 Å². The van der Waals surface area contributed by atoms with Crippen molar-refractivity contribution in [3.05, 3.63) is 45.4 Å². The maximum atomic E-state index is 12.3. The van der Waals surface area contributed by atoms with Gasteiger partial charge in [0.25, 0.3) is 5.91 Å². The molecule has 1 aromatic carbocycles. The Morgan fingerprint density at radius 2 is 2.13 bits per heavy atom. The lowest BCUT2D eigenvalue weighted by atomic mass is 10.2. The van der Waals surface area contributed by atoms with Crippen molar-refractivity contribution in [2.45, 2.75) is 26.0 Å². The second-order valence-electron chi connectivity index (χ2n) is 5.00. The van der Waals surface area contributed by atoms with Crippen molar-refractivity contribution < 1.29 is 14.7 Å². The highest BCUT2D eigenvalue weighted by Gasteiger charge is 2.14. The lowest BCUT2D eigenvalue weighted by molar-refractivity contribution is -0.136. The molecule has 122 valence electrons. The van der Waals surface area contributed by atoms with Crippen LogP contribution >= 0.6 is 23.1 Å². The Balaban J connectivity index is 1.95. The van der Waals surface area contributed by atoms with Crippen LogP contribution in [0, 0.1) is 13.8 Å². The summed E-state index contributed by atoms with van der Waals surface area (Å²) in [6, 6.07) is 7.60. The first kappa shape index (κ1) is 17.5. The molecule has 0 bridgehead atoms. The summed E-state index contributed by atoms with van der Waals surface area (Å²) in [7, 11) is 0. The molecule has 0 atom stereocenters. The van der Waals surface area contributed by atoms with Crippen LogP contribution in [0.2, 0.25) is 0 Å². The molecule has 0 radical (unpaired) electrons. The molecular weight excluding hydrogens is 332 g/mol. The van der Waals surface area contributed by atoms with E-state index < -0.39 is 5.97 Å². The Hall–Kier alpha value is -1.86. The highest BCUT2D eigenvalue weighted by Crippen LogP contribution is 2.21. The lowest BCUT2D eigenvalue weighted by Gasteiger charge is -2.07. The number of aromatic nitrogens is 1. The molecule has 2 rings (SSSR count). The van der Waals surface area contributed by atoms with Gasteiger partial charge in [-0.1, -0.05) is 12.1 Å². The third-order valence-electron chi connectivity index (χ3n) is 3.02. The number of hydrogen-bond donors (Lipinski definition) is 2. The van der Waals surface area contributed by atoms with Crippen molar-refractivity contribution >= 4 is 40.7 Å². The van der Waals surface area contributed by atoms with Crippen LogP contribution in [0.25, 0.3) is 0 Å². The molecule has 0 saturated carbocycles. The minimum absolute atomic E-state index is 0.149. The average molecular weight is 350 g/mol. The number of nitrogens with one attached hydrogen (secondary N) is 1. The molecule has 2 N–H and O–H groups in total. The van der Waals surface area contributed by atoms with Crippen molar-refractivity contribution in [3.8, 4) is 0 Å². The van der Waals surface area contributed by atoms with Crippen LogP contribution in [0.5, 0.6) is 0 Å². The number of carboxylic acids is 1. The van der Waals surface area contributed by atoms with E-state index in [-0.39, 0.29) is 12.3 Å². The number of hydrogen-bond acceptors (Lipinski definition) is 5. The average Bonchev–Trinajstić information content (AvgIpc) is 2.83. The molecule has 5 nitrogen and oxygen atoms in total. The van der Waals surface area contributed by atoms with Crippen molar-refractivity contribution in [1.29, 1.82) is 0 Å². The number of thiazole rings is 1. The molecular formula is C16H18N2O3S2. The molecule has 0 aliphatic heterocycles. The minimum atomic E-state index is -0.784. The predicted octanol–water partition coefficient (Wildman–Crippen LogP) is 3.72. The van der Waals surface area contributed by atoms with E-state index in [0.29, 0.717) is 10.6 Å². The standard InChI is InChI=1S/C16H18N2O3S2/c1-10-15(23-11(2)17-10)16(21)18-13-5-3-4-12(8-13)9-22-7-6-14(19)20/h3-5,8H,6-7,9H2,1-2H3,(H,18,21)(H,19,20). The van der Waals surface area contributed by atoms with Gasteiger partial charge >= 0.3 is 5.97 Å². The number of amides is 1.